The van der Waals surface area contributed by atoms with Crippen LogP contribution in [0.3, 0.4) is 0 Å². The van der Waals surface area contributed by atoms with Gasteiger partial charge in [0.2, 0.25) is 0 Å². The molecule has 2 amide bonds. The second-order valence-electron chi connectivity index (χ2n) is 7.52. The molecule has 1 saturated heterocycles. The molecular weight excluding hydrogens is 396 g/mol. The molecule has 2 aromatic carbocycles. The first-order valence-corrected chi connectivity index (χ1v) is 10.3. The van der Waals surface area contributed by atoms with Crippen molar-refractivity contribution in [3.8, 4) is 11.5 Å². The number of piperazine rings is 1. The predicted molar refractivity (Wildman–Crippen MR) is 119 cm³/mol. The molecule has 3 rings (SSSR count). The summed E-state index contributed by atoms with van der Waals surface area (Å²) in [7, 11) is 5.28. The Labute approximate surface area is 183 Å². The Kier molecular flexibility index (Phi) is 7.86. The van der Waals surface area contributed by atoms with E-state index in [0.717, 1.165) is 37.5 Å². The van der Waals surface area contributed by atoms with E-state index in [1.165, 1.54) is 0 Å². The van der Waals surface area contributed by atoms with Crippen LogP contribution in [0.1, 0.15) is 11.6 Å². The first kappa shape index (κ1) is 22.6. The van der Waals surface area contributed by atoms with E-state index in [9.17, 15) is 9.59 Å². The van der Waals surface area contributed by atoms with Crippen molar-refractivity contribution in [3.05, 3.63) is 54.1 Å². The molecule has 0 saturated carbocycles. The quantitative estimate of drug-likeness (QED) is 0.657. The lowest BCUT2D eigenvalue weighted by molar-refractivity contribution is -0.136. The van der Waals surface area contributed by atoms with Gasteiger partial charge in [-0.15, -0.1) is 0 Å². The molecule has 1 aliphatic heterocycles. The molecular formula is C23H30N4O4. The van der Waals surface area contributed by atoms with Gasteiger partial charge < -0.3 is 25.0 Å². The first-order valence-electron chi connectivity index (χ1n) is 10.3. The summed E-state index contributed by atoms with van der Waals surface area (Å²) in [5, 5.41) is 5.41. The van der Waals surface area contributed by atoms with E-state index in [0.29, 0.717) is 18.0 Å². The van der Waals surface area contributed by atoms with Gasteiger partial charge in [0.15, 0.2) is 0 Å². The maximum atomic E-state index is 12.5. The predicted octanol–water partition coefficient (Wildman–Crippen LogP) is 1.75. The number of likely N-dealkylation sites (N-methyl/N-ethyl adjacent to an activating group) is 1. The van der Waals surface area contributed by atoms with Crippen molar-refractivity contribution in [2.45, 2.75) is 6.04 Å². The van der Waals surface area contributed by atoms with Gasteiger partial charge in [0.05, 0.1) is 20.3 Å². The van der Waals surface area contributed by atoms with Crippen molar-refractivity contribution >= 4 is 17.5 Å². The lowest BCUT2D eigenvalue weighted by Gasteiger charge is -2.38. The Balaban J connectivity index is 1.65. The normalized spacial score (nSPS) is 15.7. The molecule has 1 atom stereocenters. The summed E-state index contributed by atoms with van der Waals surface area (Å²) in [4.78, 5) is 29.4. The van der Waals surface area contributed by atoms with E-state index in [2.05, 4.69) is 27.5 Å². The number of nitrogens with one attached hydrogen (secondary N) is 2. The molecule has 1 aliphatic rings. The molecule has 1 heterocycles. The van der Waals surface area contributed by atoms with Crippen LogP contribution in [0.4, 0.5) is 5.69 Å². The highest BCUT2D eigenvalue weighted by molar-refractivity contribution is 6.39. The minimum Gasteiger partial charge on any atom is -0.497 e. The number of methoxy groups -OCH3 is 2. The first-order chi connectivity index (χ1) is 15.0. The van der Waals surface area contributed by atoms with Crippen molar-refractivity contribution < 1.29 is 19.1 Å². The Hall–Kier alpha value is -3.10. The van der Waals surface area contributed by atoms with Gasteiger partial charge >= 0.3 is 11.8 Å². The molecule has 0 bridgehead atoms. The topological polar surface area (TPSA) is 83.1 Å². The summed E-state index contributed by atoms with van der Waals surface area (Å²) in [6, 6.07) is 14.7. The molecule has 2 aromatic rings. The number of hydrogen-bond acceptors (Lipinski definition) is 6. The van der Waals surface area contributed by atoms with Gasteiger partial charge in [-0.3, -0.25) is 14.5 Å². The second kappa shape index (κ2) is 10.8. The molecule has 1 unspecified atom stereocenters. The number of benzene rings is 2. The van der Waals surface area contributed by atoms with E-state index in [1.807, 2.05) is 24.3 Å². The van der Waals surface area contributed by atoms with Crippen LogP contribution < -0.4 is 20.1 Å². The van der Waals surface area contributed by atoms with Crippen molar-refractivity contribution in [1.29, 1.82) is 0 Å². The highest BCUT2D eigenvalue weighted by Crippen LogP contribution is 2.24. The zero-order valence-corrected chi connectivity index (χ0v) is 18.3. The van der Waals surface area contributed by atoms with Crippen LogP contribution in [0.25, 0.3) is 0 Å². The van der Waals surface area contributed by atoms with Crippen molar-refractivity contribution in [1.82, 2.24) is 15.1 Å². The molecule has 31 heavy (non-hydrogen) atoms. The fourth-order valence-electron chi connectivity index (χ4n) is 3.58. The Bertz CT molecular complexity index is 879. The van der Waals surface area contributed by atoms with Gasteiger partial charge in [0.1, 0.15) is 11.5 Å². The minimum atomic E-state index is -0.708. The fourth-order valence-corrected chi connectivity index (χ4v) is 3.58. The molecule has 8 heteroatoms. The highest BCUT2D eigenvalue weighted by atomic mass is 16.5. The number of nitrogens with zero attached hydrogens (tertiary/aromatic N) is 2. The molecule has 1 fully saturated rings. The van der Waals surface area contributed by atoms with Crippen molar-refractivity contribution in [2.75, 3.05) is 59.3 Å². The van der Waals surface area contributed by atoms with E-state index >= 15 is 0 Å². The molecule has 166 valence electrons. The van der Waals surface area contributed by atoms with E-state index in [4.69, 9.17) is 9.47 Å². The number of carbonyl (C=O) groups excluding carboxylic acids is 2. The lowest BCUT2D eigenvalue weighted by atomic mass is 10.0. The number of carbonyl (C=O) groups is 2. The number of hydrogen-bond donors (Lipinski definition) is 2. The summed E-state index contributed by atoms with van der Waals surface area (Å²) < 4.78 is 10.4. The van der Waals surface area contributed by atoms with Crippen LogP contribution in [0, 0.1) is 0 Å². The van der Waals surface area contributed by atoms with Crippen LogP contribution in [0.2, 0.25) is 0 Å². The third kappa shape index (κ3) is 6.19. The molecule has 2 N–H and O–H groups in total. The maximum Gasteiger partial charge on any atom is 0.313 e. The van der Waals surface area contributed by atoms with Crippen LogP contribution >= 0.6 is 0 Å². The Morgan fingerprint density at radius 1 is 0.935 bits per heavy atom. The summed E-state index contributed by atoms with van der Waals surface area (Å²) in [5.41, 5.74) is 1.57. The van der Waals surface area contributed by atoms with E-state index in [-0.39, 0.29) is 6.04 Å². The smallest absolute Gasteiger partial charge is 0.313 e. The van der Waals surface area contributed by atoms with Crippen molar-refractivity contribution in [3.63, 3.8) is 0 Å². The third-order valence-corrected chi connectivity index (χ3v) is 5.47. The van der Waals surface area contributed by atoms with E-state index < -0.39 is 11.8 Å². The fraction of sp³-hybridized carbons (Fsp3) is 0.391. The average molecular weight is 427 g/mol. The third-order valence-electron chi connectivity index (χ3n) is 5.47. The summed E-state index contributed by atoms with van der Waals surface area (Å²) >= 11 is 0. The zero-order chi connectivity index (χ0) is 22.2. The van der Waals surface area contributed by atoms with Gasteiger partial charge in [-0.2, -0.15) is 0 Å². The summed E-state index contributed by atoms with van der Waals surface area (Å²) in [5.74, 6) is 0.00555. The zero-order valence-electron chi connectivity index (χ0n) is 18.3. The number of rotatable bonds is 7. The maximum absolute atomic E-state index is 12.5. The average Bonchev–Trinajstić information content (AvgIpc) is 2.80. The molecule has 0 aromatic heterocycles. The Morgan fingerprint density at radius 3 is 2.26 bits per heavy atom. The number of ether oxygens (including phenoxy) is 2. The van der Waals surface area contributed by atoms with Gasteiger partial charge in [-0.25, -0.2) is 0 Å². The van der Waals surface area contributed by atoms with Gasteiger partial charge in [0, 0.05) is 44.5 Å². The minimum absolute atomic E-state index is 0.0341. The van der Waals surface area contributed by atoms with Crippen LogP contribution in [0.5, 0.6) is 11.5 Å². The second-order valence-corrected chi connectivity index (χ2v) is 7.52. The van der Waals surface area contributed by atoms with Crippen LogP contribution in [-0.2, 0) is 9.59 Å². The van der Waals surface area contributed by atoms with Gasteiger partial charge in [-0.05, 0) is 36.9 Å². The standard InChI is InChI=1S/C23H30N4O4/c1-26-11-13-27(14-12-26)21(17-7-9-19(30-2)10-8-17)16-24-22(28)23(29)25-18-5-4-6-20(15-18)31-3/h4-10,15,21H,11-14,16H2,1-3H3,(H,24,28)(H,25,29). The monoisotopic (exact) mass is 426 g/mol. The van der Waals surface area contributed by atoms with Crippen LogP contribution in [-0.4, -0.2) is 75.6 Å². The highest BCUT2D eigenvalue weighted by Gasteiger charge is 2.25. The summed E-state index contributed by atoms with van der Waals surface area (Å²) in [6.07, 6.45) is 0. The van der Waals surface area contributed by atoms with Crippen molar-refractivity contribution in [2.24, 2.45) is 0 Å². The van der Waals surface area contributed by atoms with Gasteiger partial charge in [0.25, 0.3) is 0 Å². The lowest BCUT2D eigenvalue weighted by Crippen LogP contribution is -2.49. The molecule has 8 nitrogen and oxygen atoms in total. The largest absolute Gasteiger partial charge is 0.497 e. The number of anilines is 1. The SMILES string of the molecule is COc1ccc(C(CNC(=O)C(=O)Nc2cccc(OC)c2)N2CCN(C)CC2)cc1. The molecule has 0 aliphatic carbocycles. The van der Waals surface area contributed by atoms with Crippen LogP contribution in [0.15, 0.2) is 48.5 Å². The van der Waals surface area contributed by atoms with Gasteiger partial charge in [-0.1, -0.05) is 18.2 Å². The molecule has 0 radical (unpaired) electrons. The summed E-state index contributed by atoms with van der Waals surface area (Å²) in [6.45, 7) is 4.02. The molecule has 0 spiro atoms. The number of amides is 2. The van der Waals surface area contributed by atoms with E-state index in [1.54, 1.807) is 38.5 Å². The Morgan fingerprint density at radius 2 is 1.61 bits per heavy atom.